The van der Waals surface area contributed by atoms with Crippen LogP contribution in [0.25, 0.3) is 22.3 Å². The number of hydrogen-bond donors (Lipinski definition) is 1. The zero-order valence-electron chi connectivity index (χ0n) is 32.1. The van der Waals surface area contributed by atoms with Gasteiger partial charge in [0, 0.05) is 0 Å². The van der Waals surface area contributed by atoms with Crippen molar-refractivity contribution in [2.75, 3.05) is 7.11 Å². The van der Waals surface area contributed by atoms with E-state index < -0.39 is 35.5 Å². The molecule has 61 heavy (non-hydrogen) atoms. The van der Waals surface area contributed by atoms with Crippen LogP contribution in [0.15, 0.2) is 172 Å². The number of methoxy groups -OCH3 is 1. The minimum Gasteiger partial charge on any atom is -0.497 e. The summed E-state index contributed by atoms with van der Waals surface area (Å²) < 4.78 is 110. The first-order valence-electron chi connectivity index (χ1n) is 17.9. The Balaban J connectivity index is 0.00000149. The molecule has 13 nitrogen and oxygen atoms in total. The van der Waals surface area contributed by atoms with Crippen LogP contribution in [0.2, 0.25) is 0 Å². The number of aryl methyl sites for hydroxylation is 1. The van der Waals surface area contributed by atoms with E-state index in [-0.39, 0.29) is 21.3 Å². The lowest BCUT2D eigenvalue weighted by Crippen LogP contribution is -2.06. The van der Waals surface area contributed by atoms with Crippen LogP contribution in [0, 0.1) is 18.3 Å². The first-order valence-corrected chi connectivity index (χ1v) is 21.8. The molecule has 0 fully saturated rings. The van der Waals surface area contributed by atoms with E-state index in [2.05, 4.69) is 6.07 Å². The topological polar surface area (TPSA) is 200 Å². The zero-order valence-corrected chi connectivity index (χ0v) is 34.6. The number of ether oxygens (including phenoxy) is 4. The first kappa shape index (κ1) is 43.3. The summed E-state index contributed by atoms with van der Waals surface area (Å²) in [5, 5.41) is 9.49. The van der Waals surface area contributed by atoms with Gasteiger partial charge in [0.15, 0.2) is 0 Å². The molecule has 0 aliphatic rings. The number of sulfone groups is 1. The van der Waals surface area contributed by atoms with Crippen LogP contribution >= 0.6 is 0 Å². The second kappa shape index (κ2) is 18.7. The molecule has 0 heterocycles. The number of rotatable bonds is 12. The van der Waals surface area contributed by atoms with E-state index in [1.54, 1.807) is 49.6 Å². The Labute approximate surface area is 353 Å². The predicted octanol–water partition coefficient (Wildman–Crippen LogP) is 9.66. The normalized spacial score (nSPS) is 11.0. The third-order valence-corrected chi connectivity index (χ3v) is 11.6. The fraction of sp³-hybridized carbons (Fsp3) is 0.0444. The maximum absolute atomic E-state index is 13.6. The molecule has 0 bridgehead atoms. The Morgan fingerprint density at radius 1 is 0.525 bits per heavy atom. The monoisotopic (exact) mass is 875 g/mol. The number of nitrogens with zero attached hydrogens (tertiary/aromatic N) is 1. The molecule has 0 spiro atoms. The van der Waals surface area contributed by atoms with Gasteiger partial charge >= 0.3 is 10.6 Å². The van der Waals surface area contributed by atoms with Crippen molar-refractivity contribution in [3.63, 3.8) is 0 Å². The van der Waals surface area contributed by atoms with Crippen molar-refractivity contribution in [2.24, 2.45) is 0 Å². The predicted molar refractivity (Wildman–Crippen MR) is 224 cm³/mol. The van der Waals surface area contributed by atoms with Gasteiger partial charge in [-0.1, -0.05) is 60.7 Å². The van der Waals surface area contributed by atoms with Gasteiger partial charge in [0.25, 0.3) is 10.1 Å². The van der Waals surface area contributed by atoms with Crippen molar-refractivity contribution >= 4 is 30.6 Å². The lowest BCUT2D eigenvalue weighted by Gasteiger charge is -2.13. The van der Waals surface area contributed by atoms with Crippen molar-refractivity contribution in [3.05, 3.63) is 169 Å². The molecule has 0 saturated carbocycles. The molecule has 16 heteroatoms. The van der Waals surface area contributed by atoms with Gasteiger partial charge in [0.2, 0.25) is 9.84 Å². The molecule has 0 aromatic heterocycles. The van der Waals surface area contributed by atoms with Gasteiger partial charge in [-0.3, -0.25) is 4.55 Å². The minimum atomic E-state index is -4.89. The van der Waals surface area contributed by atoms with E-state index >= 15 is 0 Å². The van der Waals surface area contributed by atoms with Crippen LogP contribution in [0.1, 0.15) is 11.1 Å². The van der Waals surface area contributed by atoms with Gasteiger partial charge in [0.05, 0.1) is 22.5 Å². The van der Waals surface area contributed by atoms with Gasteiger partial charge in [0.1, 0.15) is 51.2 Å². The number of benzene rings is 7. The third-order valence-electron chi connectivity index (χ3n) is 8.99. The lowest BCUT2D eigenvalue weighted by molar-refractivity contribution is 0.415. The van der Waals surface area contributed by atoms with Gasteiger partial charge < -0.3 is 18.9 Å². The van der Waals surface area contributed by atoms with Crippen LogP contribution in [-0.2, 0) is 30.6 Å². The van der Waals surface area contributed by atoms with E-state index in [1.807, 2.05) is 79.7 Å². The SMILES string of the molecule is COc1ccc(-c2ccc(Oc3ccc(S(=O)(=O)c4ccc(Oc5ccc(-c6ccc(Oc7cccc(C)c7C#N)cc6)cc5)cc4)cc3S(=O)(=O)O)cc2)cc1.O=S(=O)=O. The van der Waals surface area contributed by atoms with Gasteiger partial charge in [-0.05, 0) is 132 Å². The second-order valence-corrected chi connectivity index (χ2v) is 16.7. The average Bonchev–Trinajstić information content (AvgIpc) is 3.24. The summed E-state index contributed by atoms with van der Waals surface area (Å²) in [4.78, 5) is -1.18. The maximum Gasteiger partial charge on any atom is 0.425 e. The Kier molecular flexibility index (Phi) is 13.3. The Hall–Kier alpha value is -7.29. The van der Waals surface area contributed by atoms with Crippen molar-refractivity contribution < 1.29 is 53.0 Å². The summed E-state index contributed by atoms with van der Waals surface area (Å²) in [6, 6.07) is 45.7. The molecule has 308 valence electrons. The lowest BCUT2D eigenvalue weighted by atomic mass is 10.1. The molecule has 7 aromatic carbocycles. The molecular formula is C45H33NO12S3. The van der Waals surface area contributed by atoms with Crippen LogP contribution < -0.4 is 18.9 Å². The third kappa shape index (κ3) is 10.9. The quantitative estimate of drug-likeness (QED) is 0.114. The Morgan fingerprint density at radius 3 is 1.34 bits per heavy atom. The van der Waals surface area contributed by atoms with E-state index in [0.717, 1.165) is 39.6 Å². The number of nitriles is 1. The zero-order chi connectivity index (χ0) is 43.7. The van der Waals surface area contributed by atoms with E-state index in [4.69, 9.17) is 31.6 Å². The van der Waals surface area contributed by atoms with Gasteiger partial charge in [-0.25, -0.2) is 8.42 Å². The molecule has 0 radical (unpaired) electrons. The molecular weight excluding hydrogens is 843 g/mol. The molecule has 0 saturated heterocycles. The van der Waals surface area contributed by atoms with Crippen molar-refractivity contribution in [2.45, 2.75) is 21.6 Å². The standard InChI is InChI=1S/C45H33NO9S2.O3S/c1-30-4-3-5-43(42(30)29-46)54-38-18-10-34(11-19-38)32-8-16-36(17-9-32)53-37-22-24-40(25-23-37)56(47,48)41-26-27-44(45(28-41)57(49,50)51)55-39-20-12-33(13-21-39)31-6-14-35(52-2)15-7-31;1-4(2)3/h3-28H,1-2H3,(H,49,50,51);. The summed E-state index contributed by atoms with van der Waals surface area (Å²) in [6.45, 7) is 1.86. The number of hydrogen-bond acceptors (Lipinski definition) is 12. The maximum atomic E-state index is 13.6. The second-order valence-electron chi connectivity index (χ2n) is 12.9. The van der Waals surface area contributed by atoms with Crippen molar-refractivity contribution in [1.82, 2.24) is 0 Å². The molecule has 7 aromatic rings. The summed E-state index contributed by atoms with van der Waals surface area (Å²) in [6.07, 6.45) is 0. The Morgan fingerprint density at radius 2 is 0.918 bits per heavy atom. The minimum absolute atomic E-state index is 0.118. The summed E-state index contributed by atoms with van der Waals surface area (Å²) in [7, 11) is -10.6. The van der Waals surface area contributed by atoms with E-state index in [1.165, 1.54) is 36.4 Å². The molecule has 0 aliphatic heterocycles. The van der Waals surface area contributed by atoms with Crippen LogP contribution in [0.5, 0.6) is 40.2 Å². The molecule has 1 N–H and O–H groups in total. The van der Waals surface area contributed by atoms with Gasteiger partial charge in [-0.2, -0.15) is 13.7 Å². The van der Waals surface area contributed by atoms with Crippen molar-refractivity contribution in [1.29, 1.82) is 5.26 Å². The summed E-state index contributed by atoms with van der Waals surface area (Å²) >= 11 is 0. The van der Waals surface area contributed by atoms with E-state index in [0.29, 0.717) is 28.6 Å². The molecule has 7 rings (SSSR count). The molecule has 0 atom stereocenters. The molecule has 0 amide bonds. The van der Waals surface area contributed by atoms with E-state index in [9.17, 15) is 26.7 Å². The van der Waals surface area contributed by atoms with Gasteiger partial charge in [-0.15, -0.1) is 12.6 Å². The molecule has 0 aliphatic carbocycles. The highest BCUT2D eigenvalue weighted by molar-refractivity contribution is 7.91. The molecule has 0 unspecified atom stereocenters. The summed E-state index contributed by atoms with van der Waals surface area (Å²) in [5.74, 6) is 2.72. The van der Waals surface area contributed by atoms with Crippen LogP contribution in [0.4, 0.5) is 0 Å². The van der Waals surface area contributed by atoms with Crippen LogP contribution in [-0.4, -0.2) is 41.1 Å². The highest BCUT2D eigenvalue weighted by Crippen LogP contribution is 2.35. The largest absolute Gasteiger partial charge is 0.497 e. The summed E-state index contributed by atoms with van der Waals surface area (Å²) in [5.41, 5.74) is 4.98. The fourth-order valence-electron chi connectivity index (χ4n) is 5.95. The fourth-order valence-corrected chi connectivity index (χ4v) is 7.95. The Bertz CT molecular complexity index is 3050. The van der Waals surface area contributed by atoms with Crippen LogP contribution in [0.3, 0.4) is 0 Å². The smallest absolute Gasteiger partial charge is 0.425 e. The highest BCUT2D eigenvalue weighted by Gasteiger charge is 2.25. The first-order chi connectivity index (χ1) is 29.1. The average molecular weight is 876 g/mol. The van der Waals surface area contributed by atoms with Crippen molar-refractivity contribution in [3.8, 4) is 68.6 Å². The highest BCUT2D eigenvalue weighted by atomic mass is 32.2.